The number of likely N-dealkylation sites (N-methyl/N-ethyl adjacent to an activating group) is 1. The van der Waals surface area contributed by atoms with Gasteiger partial charge in [0.05, 0.1) is 6.04 Å². The quantitative estimate of drug-likeness (QED) is 0.396. The molecule has 3 N–H and O–H groups in total. The average Bonchev–Trinajstić information content (AvgIpc) is 2.85. The van der Waals surface area contributed by atoms with Crippen molar-refractivity contribution in [1.29, 1.82) is 0 Å². The summed E-state index contributed by atoms with van der Waals surface area (Å²) in [5.74, 6) is -3.65. The van der Waals surface area contributed by atoms with E-state index in [2.05, 4.69) is 21.7 Å². The van der Waals surface area contributed by atoms with Crippen LogP contribution in [0.25, 0.3) is 0 Å². The molecule has 1 unspecified atom stereocenters. The minimum Gasteiger partial charge on any atom is -0.473 e. The van der Waals surface area contributed by atoms with Crippen molar-refractivity contribution in [2.75, 3.05) is 19.6 Å². The lowest BCUT2D eigenvalue weighted by Crippen LogP contribution is -2.48. The Balaban J connectivity index is 0.000000286. The number of hydrogen-bond donors (Lipinski definition) is 3. The number of halogens is 1. The van der Waals surface area contributed by atoms with E-state index in [0.29, 0.717) is 6.04 Å². The second-order valence-corrected chi connectivity index (χ2v) is 5.36. The molecule has 114 valence electrons. The Morgan fingerprint density at radius 1 is 1.50 bits per heavy atom. The van der Waals surface area contributed by atoms with E-state index >= 15 is 0 Å². The molecule has 0 aliphatic carbocycles. The summed E-state index contributed by atoms with van der Waals surface area (Å²) in [7, 11) is 0. The van der Waals surface area contributed by atoms with Crippen molar-refractivity contribution in [3.63, 3.8) is 0 Å². The summed E-state index contributed by atoms with van der Waals surface area (Å²) in [5, 5.41) is 19.7. The van der Waals surface area contributed by atoms with E-state index in [1.54, 1.807) is 11.9 Å². The molecule has 1 fully saturated rings. The Bertz CT molecular complexity index is 382. The first-order chi connectivity index (χ1) is 9.45. The van der Waals surface area contributed by atoms with Gasteiger partial charge >= 0.3 is 11.9 Å². The summed E-state index contributed by atoms with van der Waals surface area (Å²) in [6.07, 6.45) is 2.50. The summed E-state index contributed by atoms with van der Waals surface area (Å²) in [6.45, 7) is 5.70. The van der Waals surface area contributed by atoms with E-state index in [9.17, 15) is 0 Å². The highest BCUT2D eigenvalue weighted by atomic mass is 35.5. The molecule has 0 aromatic carbocycles. The molecule has 0 aromatic rings. The van der Waals surface area contributed by atoms with Gasteiger partial charge in [-0.05, 0) is 37.9 Å². The summed E-state index contributed by atoms with van der Waals surface area (Å²) in [5.41, 5.74) is 0. The minimum absolute atomic E-state index is 0.530. The molecule has 0 aromatic heterocycles. The number of likely N-dealkylation sites (tertiary alicyclic amines) is 1. The lowest BCUT2D eigenvalue weighted by molar-refractivity contribution is -0.159. The number of aliphatic carboxylic acids is 2. The van der Waals surface area contributed by atoms with E-state index < -0.39 is 11.9 Å². The number of piperidine rings is 1. The van der Waals surface area contributed by atoms with Crippen LogP contribution in [0.4, 0.5) is 0 Å². The Morgan fingerprint density at radius 2 is 2.15 bits per heavy atom. The molecule has 9 heteroatoms. The Morgan fingerprint density at radius 3 is 2.60 bits per heavy atom. The monoisotopic (exact) mass is 323 g/mol. The molecule has 0 saturated carbocycles. The third-order valence-corrected chi connectivity index (χ3v) is 4.08. The molecule has 0 radical (unpaired) electrons. The maximum atomic E-state index is 9.10. The van der Waals surface area contributed by atoms with Crippen molar-refractivity contribution in [3.8, 4) is 0 Å². The van der Waals surface area contributed by atoms with Crippen molar-refractivity contribution >= 4 is 35.5 Å². The number of nitrogens with zero attached hydrogens (tertiary/aromatic N) is 2. The van der Waals surface area contributed by atoms with Crippen molar-refractivity contribution < 1.29 is 19.8 Å². The molecule has 2 rings (SSSR count). The Hall–Kier alpha value is -0.960. The third-order valence-electron chi connectivity index (χ3n) is 3.01. The fourth-order valence-electron chi connectivity index (χ4n) is 2.01. The van der Waals surface area contributed by atoms with Gasteiger partial charge in [0.1, 0.15) is 5.16 Å². The summed E-state index contributed by atoms with van der Waals surface area (Å²) >= 11 is 7.64. The van der Waals surface area contributed by atoms with Crippen LogP contribution in [0.15, 0.2) is 10.6 Å². The van der Waals surface area contributed by atoms with E-state index in [4.69, 9.17) is 31.4 Å². The molecular formula is C11H18ClN3O4S. The van der Waals surface area contributed by atoms with Crippen LogP contribution in [-0.2, 0) is 9.59 Å². The first-order valence-corrected chi connectivity index (χ1v) is 7.46. The fraction of sp³-hybridized carbons (Fsp3) is 0.636. The van der Waals surface area contributed by atoms with Gasteiger partial charge in [-0.25, -0.2) is 9.59 Å². The van der Waals surface area contributed by atoms with Crippen LogP contribution in [0, 0.1) is 0 Å². The number of carbonyl (C=O) groups is 2. The number of rotatable bonds is 2. The summed E-state index contributed by atoms with van der Waals surface area (Å²) in [4.78, 5) is 23.9. The zero-order valence-corrected chi connectivity index (χ0v) is 12.7. The van der Waals surface area contributed by atoms with Crippen LogP contribution in [0.3, 0.4) is 0 Å². The largest absolute Gasteiger partial charge is 0.473 e. The maximum absolute atomic E-state index is 9.10. The molecule has 2 aliphatic rings. The van der Waals surface area contributed by atoms with Crippen LogP contribution in [0.5, 0.6) is 0 Å². The molecular weight excluding hydrogens is 306 g/mol. The number of carboxylic acids is 2. The van der Waals surface area contributed by atoms with Gasteiger partial charge in [0.2, 0.25) is 0 Å². The fourth-order valence-corrected chi connectivity index (χ4v) is 3.00. The summed E-state index contributed by atoms with van der Waals surface area (Å²) in [6, 6.07) is 0.530. The zero-order chi connectivity index (χ0) is 15.1. The number of nitrogens with one attached hydrogen (secondary N) is 1. The molecule has 1 saturated heterocycles. The highest BCUT2D eigenvalue weighted by Gasteiger charge is 2.27. The number of carboxylic acid groups (broad SMARTS) is 2. The van der Waals surface area contributed by atoms with Gasteiger partial charge in [0, 0.05) is 12.0 Å². The van der Waals surface area contributed by atoms with Crippen molar-refractivity contribution in [1.82, 2.24) is 14.7 Å². The summed E-state index contributed by atoms with van der Waals surface area (Å²) < 4.78 is 0. The van der Waals surface area contributed by atoms with Gasteiger partial charge in [0.25, 0.3) is 0 Å². The SMILES string of the molecule is CCN1CCCC(N2NSC=C2Cl)C1.O=C(O)C(=O)O. The van der Waals surface area contributed by atoms with Crippen molar-refractivity contribution in [2.24, 2.45) is 0 Å². The van der Waals surface area contributed by atoms with Crippen LogP contribution in [-0.4, -0.2) is 57.7 Å². The zero-order valence-electron chi connectivity index (χ0n) is 11.1. The highest BCUT2D eigenvalue weighted by molar-refractivity contribution is 8.00. The maximum Gasteiger partial charge on any atom is 0.414 e. The van der Waals surface area contributed by atoms with Crippen LogP contribution >= 0.6 is 23.5 Å². The lowest BCUT2D eigenvalue weighted by Gasteiger charge is -2.37. The minimum atomic E-state index is -1.82. The van der Waals surface area contributed by atoms with E-state index in [1.165, 1.54) is 19.4 Å². The smallest absolute Gasteiger partial charge is 0.414 e. The first kappa shape index (κ1) is 17.1. The predicted octanol–water partition coefficient (Wildman–Crippen LogP) is 1.13. The lowest BCUT2D eigenvalue weighted by atomic mass is 10.1. The van der Waals surface area contributed by atoms with Crippen LogP contribution in [0.1, 0.15) is 19.8 Å². The second kappa shape index (κ2) is 8.35. The third kappa shape index (κ3) is 5.20. The Labute approximate surface area is 126 Å². The average molecular weight is 324 g/mol. The van der Waals surface area contributed by atoms with E-state index in [0.717, 1.165) is 18.2 Å². The van der Waals surface area contributed by atoms with Gasteiger partial charge in [-0.15, -0.1) is 0 Å². The topological polar surface area (TPSA) is 93.1 Å². The molecule has 2 heterocycles. The second-order valence-electron chi connectivity index (χ2n) is 4.32. The predicted molar refractivity (Wildman–Crippen MR) is 76.9 cm³/mol. The van der Waals surface area contributed by atoms with Crippen molar-refractivity contribution in [3.05, 3.63) is 10.6 Å². The highest BCUT2D eigenvalue weighted by Crippen LogP contribution is 2.27. The van der Waals surface area contributed by atoms with Crippen molar-refractivity contribution in [2.45, 2.75) is 25.8 Å². The molecule has 7 nitrogen and oxygen atoms in total. The Kier molecular flexibility index (Phi) is 7.14. The van der Waals surface area contributed by atoms with Gasteiger partial charge in [-0.1, -0.05) is 18.5 Å². The van der Waals surface area contributed by atoms with Crippen LogP contribution < -0.4 is 4.83 Å². The van der Waals surface area contributed by atoms with Crippen LogP contribution in [0.2, 0.25) is 0 Å². The van der Waals surface area contributed by atoms with Gasteiger partial charge in [0.15, 0.2) is 0 Å². The molecule has 20 heavy (non-hydrogen) atoms. The first-order valence-electron chi connectivity index (χ1n) is 6.20. The van der Waals surface area contributed by atoms with E-state index in [1.807, 2.05) is 5.41 Å². The molecule has 0 bridgehead atoms. The van der Waals surface area contributed by atoms with Gasteiger partial charge in [-0.3, -0.25) is 5.01 Å². The van der Waals surface area contributed by atoms with Gasteiger partial charge in [-0.2, -0.15) is 4.83 Å². The molecule has 0 spiro atoms. The molecule has 0 amide bonds. The van der Waals surface area contributed by atoms with E-state index in [-0.39, 0.29) is 0 Å². The molecule has 2 aliphatic heterocycles. The number of hydrazine groups is 1. The standard InChI is InChI=1S/C9H16ClN3S.C2H2O4/c1-2-12-5-3-4-8(6-12)13-9(10)7-14-11-13;3-1(4)2(5)6/h7-8,11H,2-6H2,1H3;(H,3,4)(H,5,6). The normalized spacial score (nSPS) is 22.8. The number of hydrogen-bond acceptors (Lipinski definition) is 6. The molecule has 1 atom stereocenters. The van der Waals surface area contributed by atoms with Gasteiger partial charge < -0.3 is 15.1 Å².